The summed E-state index contributed by atoms with van der Waals surface area (Å²) < 4.78 is 24.5. The van der Waals surface area contributed by atoms with Gasteiger partial charge in [-0.1, -0.05) is 0 Å². The van der Waals surface area contributed by atoms with Crippen molar-refractivity contribution in [2.45, 2.75) is 25.7 Å². The molecule has 0 bridgehead atoms. The van der Waals surface area contributed by atoms with Crippen molar-refractivity contribution in [3.8, 4) is 70.3 Å². The molecule has 0 atom stereocenters. The SMILES string of the molecule is N#Cc1cc2c(cc1C#N)Oc1cc3c(cc1O2)CC1(C3)Cc2cc3c(cc2C1)Oc1cc(C#N)c(C#N)cc1O3. The molecule has 0 saturated carbocycles. The maximum atomic E-state index is 9.39. The van der Waals surface area contributed by atoms with Crippen molar-refractivity contribution in [2.24, 2.45) is 5.41 Å². The van der Waals surface area contributed by atoms with Crippen LogP contribution >= 0.6 is 0 Å². The highest BCUT2D eigenvalue weighted by Gasteiger charge is 2.44. The minimum atomic E-state index is 0.00216. The van der Waals surface area contributed by atoms with Crippen LogP contribution in [0.4, 0.5) is 0 Å². The average molecular weight is 533 g/mol. The average Bonchev–Trinajstić information content (AvgIpc) is 3.50. The lowest BCUT2D eigenvalue weighted by Gasteiger charge is -2.22. The van der Waals surface area contributed by atoms with E-state index in [4.69, 9.17) is 18.9 Å². The molecule has 0 fully saturated rings. The number of ether oxygens (including phenoxy) is 4. The van der Waals surface area contributed by atoms with E-state index < -0.39 is 0 Å². The second-order valence-electron chi connectivity index (χ2n) is 10.9. The van der Waals surface area contributed by atoms with Gasteiger partial charge in [-0.3, -0.25) is 0 Å². The van der Waals surface area contributed by atoms with E-state index in [0.717, 1.165) is 25.7 Å². The second kappa shape index (κ2) is 8.03. The summed E-state index contributed by atoms with van der Waals surface area (Å²) in [4.78, 5) is 0. The number of hydrogen-bond donors (Lipinski definition) is 0. The molecule has 0 amide bonds. The Kier molecular flexibility index (Phi) is 4.50. The Bertz CT molecular complexity index is 1770. The molecule has 4 aromatic carbocycles. The number of benzene rings is 4. The molecule has 192 valence electrons. The van der Waals surface area contributed by atoms with E-state index in [9.17, 15) is 21.0 Å². The van der Waals surface area contributed by atoms with Crippen molar-refractivity contribution in [3.05, 3.63) is 93.0 Å². The minimum Gasteiger partial charge on any atom is -0.449 e. The molecule has 4 aromatic rings. The number of nitriles is 4. The summed E-state index contributed by atoms with van der Waals surface area (Å²) in [6, 6.07) is 22.5. The summed E-state index contributed by atoms with van der Waals surface area (Å²) in [6.07, 6.45) is 3.50. The van der Waals surface area contributed by atoms with Crippen LogP contribution in [0.2, 0.25) is 0 Å². The first-order valence-electron chi connectivity index (χ1n) is 13.0. The van der Waals surface area contributed by atoms with Gasteiger partial charge in [-0.2, -0.15) is 21.0 Å². The summed E-state index contributed by atoms with van der Waals surface area (Å²) in [7, 11) is 0. The van der Waals surface area contributed by atoms with Gasteiger partial charge in [0, 0.05) is 24.3 Å². The summed E-state index contributed by atoms with van der Waals surface area (Å²) in [5.74, 6) is 4.08. The number of fused-ring (bicyclic) bond motifs is 6. The van der Waals surface area contributed by atoms with E-state index in [2.05, 4.69) is 0 Å². The Labute approximate surface area is 234 Å². The van der Waals surface area contributed by atoms with E-state index >= 15 is 0 Å². The van der Waals surface area contributed by atoms with Crippen LogP contribution in [-0.4, -0.2) is 0 Å². The Balaban J connectivity index is 1.08. The Morgan fingerprint density at radius 1 is 0.390 bits per heavy atom. The Morgan fingerprint density at radius 3 is 0.829 bits per heavy atom. The molecule has 8 nitrogen and oxygen atoms in total. The quantitative estimate of drug-likeness (QED) is 0.207. The minimum absolute atomic E-state index is 0.00216. The maximum Gasteiger partial charge on any atom is 0.171 e. The fourth-order valence-corrected chi connectivity index (χ4v) is 6.54. The first kappa shape index (κ1) is 23.0. The van der Waals surface area contributed by atoms with Gasteiger partial charge in [-0.25, -0.2) is 0 Å². The fourth-order valence-electron chi connectivity index (χ4n) is 6.54. The van der Waals surface area contributed by atoms with E-state index in [1.54, 1.807) is 24.3 Å². The van der Waals surface area contributed by atoms with Crippen molar-refractivity contribution >= 4 is 0 Å². The van der Waals surface area contributed by atoms with Crippen LogP contribution in [0.15, 0.2) is 48.5 Å². The summed E-state index contributed by atoms with van der Waals surface area (Å²) >= 11 is 0. The predicted octanol–water partition coefficient (Wildman–Crippen LogP) is 6.85. The summed E-state index contributed by atoms with van der Waals surface area (Å²) in [5.41, 5.74) is 5.81. The molecule has 2 heterocycles. The van der Waals surface area contributed by atoms with Crippen LogP contribution in [0.1, 0.15) is 44.5 Å². The standard InChI is InChI=1S/C33H16N4O4/c34-13-21-5-29-30(6-22(21)14-35)39-26-2-18-10-33(9-17(18)1-25(26)38-29)11-19-3-27-28(4-20(19)12-33)41-32-8-24(16-37)23(15-36)7-31(32)40-27/h1-8H,9-12H2. The van der Waals surface area contributed by atoms with Crippen LogP contribution in [0, 0.1) is 50.7 Å². The predicted molar refractivity (Wildman–Crippen MR) is 142 cm³/mol. The monoisotopic (exact) mass is 532 g/mol. The van der Waals surface area contributed by atoms with E-state index in [-0.39, 0.29) is 27.7 Å². The van der Waals surface area contributed by atoms with Gasteiger partial charge < -0.3 is 18.9 Å². The van der Waals surface area contributed by atoms with Crippen LogP contribution in [0.25, 0.3) is 0 Å². The first-order chi connectivity index (χ1) is 20.0. The molecule has 0 radical (unpaired) electrons. The molecule has 2 aliphatic heterocycles. The topological polar surface area (TPSA) is 132 Å². The Morgan fingerprint density at radius 2 is 0.610 bits per heavy atom. The molecule has 4 aliphatic rings. The molecule has 0 aromatic heterocycles. The lowest BCUT2D eigenvalue weighted by molar-refractivity contribution is 0.326. The van der Waals surface area contributed by atoms with Crippen molar-refractivity contribution < 1.29 is 18.9 Å². The summed E-state index contributed by atoms with van der Waals surface area (Å²) in [5, 5.41) is 37.5. The molecule has 0 saturated heterocycles. The van der Waals surface area contributed by atoms with Crippen molar-refractivity contribution in [2.75, 3.05) is 0 Å². The molecule has 0 N–H and O–H groups in total. The lowest BCUT2D eigenvalue weighted by Crippen LogP contribution is -2.21. The normalized spacial score (nSPS) is 15.3. The fraction of sp³-hybridized carbons (Fsp3) is 0.152. The summed E-state index contributed by atoms with van der Waals surface area (Å²) in [6.45, 7) is 0. The highest BCUT2D eigenvalue weighted by molar-refractivity contribution is 5.65. The number of rotatable bonds is 0. The number of hydrogen-bond acceptors (Lipinski definition) is 8. The van der Waals surface area contributed by atoms with Crippen molar-refractivity contribution in [1.29, 1.82) is 21.0 Å². The van der Waals surface area contributed by atoms with Crippen LogP contribution in [0.3, 0.4) is 0 Å². The molecular formula is C33H16N4O4. The number of nitrogens with zero attached hydrogens (tertiary/aromatic N) is 4. The van der Waals surface area contributed by atoms with Crippen LogP contribution in [-0.2, 0) is 25.7 Å². The van der Waals surface area contributed by atoms with Gasteiger partial charge >= 0.3 is 0 Å². The van der Waals surface area contributed by atoms with Gasteiger partial charge in [-0.15, -0.1) is 0 Å². The molecule has 8 heteroatoms. The molecule has 0 unspecified atom stereocenters. The van der Waals surface area contributed by atoms with Gasteiger partial charge in [0.15, 0.2) is 46.0 Å². The second-order valence-corrected chi connectivity index (χ2v) is 10.9. The van der Waals surface area contributed by atoms with Gasteiger partial charge in [0.05, 0.1) is 22.3 Å². The highest BCUT2D eigenvalue weighted by Crippen LogP contribution is 2.55. The molecule has 41 heavy (non-hydrogen) atoms. The van der Waals surface area contributed by atoms with Gasteiger partial charge in [0.2, 0.25) is 0 Å². The maximum absolute atomic E-state index is 9.39. The molecule has 1 spiro atoms. The van der Waals surface area contributed by atoms with E-state index in [0.29, 0.717) is 46.0 Å². The van der Waals surface area contributed by atoms with Crippen molar-refractivity contribution in [1.82, 2.24) is 0 Å². The van der Waals surface area contributed by atoms with Crippen molar-refractivity contribution in [3.63, 3.8) is 0 Å². The smallest absolute Gasteiger partial charge is 0.171 e. The third kappa shape index (κ3) is 3.36. The van der Waals surface area contributed by atoms with Crippen LogP contribution in [0.5, 0.6) is 46.0 Å². The van der Waals surface area contributed by atoms with E-state index in [1.807, 2.05) is 48.5 Å². The largest absolute Gasteiger partial charge is 0.449 e. The zero-order valence-corrected chi connectivity index (χ0v) is 21.4. The molecule has 2 aliphatic carbocycles. The zero-order chi connectivity index (χ0) is 27.9. The van der Waals surface area contributed by atoms with Gasteiger partial charge in [0.1, 0.15) is 24.3 Å². The van der Waals surface area contributed by atoms with Gasteiger partial charge in [-0.05, 0) is 77.6 Å². The zero-order valence-electron chi connectivity index (χ0n) is 21.4. The highest BCUT2D eigenvalue weighted by atomic mass is 16.6. The van der Waals surface area contributed by atoms with E-state index in [1.165, 1.54) is 22.3 Å². The lowest BCUT2D eigenvalue weighted by atomic mass is 9.82. The molecular weight excluding hydrogens is 516 g/mol. The Hall–Kier alpha value is -5.96. The third-order valence-electron chi connectivity index (χ3n) is 8.32. The third-order valence-corrected chi connectivity index (χ3v) is 8.32. The van der Waals surface area contributed by atoms with Gasteiger partial charge in [0.25, 0.3) is 0 Å². The first-order valence-corrected chi connectivity index (χ1v) is 13.0. The molecule has 8 rings (SSSR count). The van der Waals surface area contributed by atoms with Crippen LogP contribution < -0.4 is 18.9 Å².